The van der Waals surface area contributed by atoms with Crippen molar-refractivity contribution in [3.63, 3.8) is 0 Å². The molecule has 0 aliphatic rings. The van der Waals surface area contributed by atoms with Crippen LogP contribution in [0.3, 0.4) is 0 Å². The predicted molar refractivity (Wildman–Crippen MR) is 93.2 cm³/mol. The van der Waals surface area contributed by atoms with Gasteiger partial charge >= 0.3 is 0 Å². The van der Waals surface area contributed by atoms with Gasteiger partial charge in [0, 0.05) is 0 Å². The molecule has 0 unspecified atom stereocenters. The lowest BCUT2D eigenvalue weighted by molar-refractivity contribution is 0.400. The maximum Gasteiger partial charge on any atom is 0.125 e. The average Bonchev–Trinajstić information content (AvgIpc) is 2.24. The predicted octanol–water partition coefficient (Wildman–Crippen LogP) is 5.52. The molecule has 0 amide bonds. The Morgan fingerprint density at radius 2 is 1.43 bits per heavy atom. The number of hydrogen-bond acceptors (Lipinski definition) is 1. The van der Waals surface area contributed by atoms with E-state index in [4.69, 9.17) is 4.74 Å². The number of methoxy groups -OCH3 is 1. The quantitative estimate of drug-likeness (QED) is 0.625. The largest absolute Gasteiger partial charge is 0.496 e. The lowest BCUT2D eigenvalue weighted by atomic mass is 9.85. The van der Waals surface area contributed by atoms with Crippen molar-refractivity contribution in [1.29, 1.82) is 0 Å². The summed E-state index contributed by atoms with van der Waals surface area (Å²) in [7, 11) is 1.75. The van der Waals surface area contributed by atoms with Crippen LogP contribution in [-0.4, -0.2) is 7.11 Å². The Bertz CT molecular complexity index is 492. The summed E-state index contributed by atoms with van der Waals surface area (Å²) >= 11 is 0. The van der Waals surface area contributed by atoms with Crippen LogP contribution in [0.25, 0.3) is 0 Å². The zero-order valence-corrected chi connectivity index (χ0v) is 14.6. The molecule has 0 aromatic heterocycles. The van der Waals surface area contributed by atoms with Crippen LogP contribution in [0.15, 0.2) is 36.4 Å². The zero-order valence-electron chi connectivity index (χ0n) is 14.6. The molecule has 0 aliphatic carbocycles. The van der Waals surface area contributed by atoms with Gasteiger partial charge in [-0.2, -0.15) is 0 Å². The fourth-order valence-corrected chi connectivity index (χ4v) is 2.72. The Kier molecular flexibility index (Phi) is 5.83. The Hall–Kier alpha value is -1.50. The number of benzene rings is 1. The maximum atomic E-state index is 5.68. The highest BCUT2D eigenvalue weighted by Gasteiger charge is 2.16. The molecule has 0 N–H and O–H groups in total. The Morgan fingerprint density at radius 1 is 1.00 bits per heavy atom. The van der Waals surface area contributed by atoms with Gasteiger partial charge in [-0.15, -0.1) is 0 Å². The van der Waals surface area contributed by atoms with Crippen LogP contribution in [0.1, 0.15) is 51.3 Å². The van der Waals surface area contributed by atoms with Gasteiger partial charge in [-0.3, -0.25) is 0 Å². The molecule has 0 heterocycles. The highest BCUT2D eigenvalue weighted by molar-refractivity contribution is 5.47. The second-order valence-electron chi connectivity index (χ2n) is 7.45. The summed E-state index contributed by atoms with van der Waals surface area (Å²) in [5.74, 6) is 0.999. The van der Waals surface area contributed by atoms with E-state index in [1.54, 1.807) is 7.11 Å². The van der Waals surface area contributed by atoms with E-state index >= 15 is 0 Å². The van der Waals surface area contributed by atoms with Crippen molar-refractivity contribution in [3.8, 4) is 5.75 Å². The molecular weight excluding hydrogens is 256 g/mol. The Morgan fingerprint density at radius 3 is 1.71 bits per heavy atom. The summed E-state index contributed by atoms with van der Waals surface area (Å²) < 4.78 is 5.68. The van der Waals surface area contributed by atoms with Crippen LogP contribution < -0.4 is 4.74 Å². The summed E-state index contributed by atoms with van der Waals surface area (Å²) in [6.45, 7) is 19.0. The molecule has 0 saturated heterocycles. The third-order valence-electron chi connectivity index (χ3n) is 3.23. The third-order valence-corrected chi connectivity index (χ3v) is 3.23. The molecule has 1 heteroatoms. The van der Waals surface area contributed by atoms with Gasteiger partial charge in [0.05, 0.1) is 7.11 Å². The lowest BCUT2D eigenvalue weighted by Crippen LogP contribution is -2.11. The van der Waals surface area contributed by atoms with Crippen molar-refractivity contribution < 1.29 is 4.74 Å². The molecule has 0 aliphatic heterocycles. The third kappa shape index (κ3) is 5.79. The first-order valence-corrected chi connectivity index (χ1v) is 7.60. The molecule has 0 fully saturated rings. The van der Waals surface area contributed by atoms with E-state index in [1.165, 1.54) is 16.7 Å². The maximum absolute atomic E-state index is 5.68. The molecule has 0 atom stereocenters. The smallest absolute Gasteiger partial charge is 0.125 e. The number of ether oxygens (including phenoxy) is 1. The van der Waals surface area contributed by atoms with Gasteiger partial charge < -0.3 is 4.74 Å². The summed E-state index contributed by atoms with van der Waals surface area (Å²) in [4.78, 5) is 0. The van der Waals surface area contributed by atoms with Crippen LogP contribution in [0.2, 0.25) is 0 Å². The molecule has 0 bridgehead atoms. The number of rotatable bonds is 6. The molecule has 21 heavy (non-hydrogen) atoms. The summed E-state index contributed by atoms with van der Waals surface area (Å²) in [6, 6.07) is 4.56. The van der Waals surface area contributed by atoms with E-state index in [9.17, 15) is 0 Å². The molecule has 0 radical (unpaired) electrons. The normalized spacial score (nSPS) is 11.3. The van der Waals surface area contributed by atoms with Crippen molar-refractivity contribution >= 4 is 0 Å². The van der Waals surface area contributed by atoms with E-state index in [-0.39, 0.29) is 5.41 Å². The molecule has 1 aromatic carbocycles. The minimum Gasteiger partial charge on any atom is -0.496 e. The van der Waals surface area contributed by atoms with Crippen LogP contribution in [0, 0.1) is 5.41 Å². The lowest BCUT2D eigenvalue weighted by Gasteiger charge is -2.21. The van der Waals surface area contributed by atoms with E-state index in [1.807, 2.05) is 0 Å². The van der Waals surface area contributed by atoms with Crippen LogP contribution in [0.5, 0.6) is 5.75 Å². The highest BCUT2D eigenvalue weighted by Crippen LogP contribution is 2.32. The summed E-state index contributed by atoms with van der Waals surface area (Å²) in [5, 5.41) is 0. The average molecular weight is 286 g/mol. The first-order chi connectivity index (χ1) is 9.62. The first kappa shape index (κ1) is 17.6. The van der Waals surface area contributed by atoms with Crippen molar-refractivity contribution in [2.45, 2.75) is 53.9 Å². The van der Waals surface area contributed by atoms with Crippen molar-refractivity contribution in [1.82, 2.24) is 0 Å². The number of hydrogen-bond donors (Lipinski definition) is 0. The Labute approximate surface area is 130 Å². The monoisotopic (exact) mass is 286 g/mol. The summed E-state index contributed by atoms with van der Waals surface area (Å²) in [6.07, 6.45) is 2.79. The zero-order chi connectivity index (χ0) is 16.2. The highest BCUT2D eigenvalue weighted by atomic mass is 16.5. The van der Waals surface area contributed by atoms with Crippen LogP contribution in [-0.2, 0) is 19.3 Å². The molecule has 1 aromatic rings. The second-order valence-corrected chi connectivity index (χ2v) is 7.45. The minimum atomic E-state index is 0.273. The number of allylic oxidation sites excluding steroid dienone is 2. The van der Waals surface area contributed by atoms with Crippen LogP contribution >= 0.6 is 0 Å². The fraction of sp³-hybridized carbons (Fsp3) is 0.500. The SMILES string of the molecule is C=C(C)Cc1cc(CC(C)(C)C)cc(CC(=C)C)c1OC. The van der Waals surface area contributed by atoms with Crippen molar-refractivity contribution in [3.05, 3.63) is 53.1 Å². The fourth-order valence-electron chi connectivity index (χ4n) is 2.72. The van der Waals surface area contributed by atoms with E-state index < -0.39 is 0 Å². The van der Waals surface area contributed by atoms with Gasteiger partial charge in [0.2, 0.25) is 0 Å². The van der Waals surface area contributed by atoms with Gasteiger partial charge in [0.1, 0.15) is 5.75 Å². The molecule has 116 valence electrons. The molecule has 1 nitrogen and oxygen atoms in total. The summed E-state index contributed by atoms with van der Waals surface area (Å²) in [5.41, 5.74) is 6.43. The topological polar surface area (TPSA) is 9.23 Å². The van der Waals surface area contributed by atoms with E-state index in [2.05, 4.69) is 59.9 Å². The van der Waals surface area contributed by atoms with Gasteiger partial charge in [0.25, 0.3) is 0 Å². The van der Waals surface area contributed by atoms with Gasteiger partial charge in [-0.1, -0.05) is 57.2 Å². The van der Waals surface area contributed by atoms with E-state index in [0.29, 0.717) is 0 Å². The standard InChI is InChI=1S/C20H30O/c1-14(2)9-17-11-16(13-20(5,6)7)12-18(10-15(3)4)19(17)21-8/h11-12H,1,3,9-10,13H2,2,4-8H3. The molecule has 1 rings (SSSR count). The van der Waals surface area contributed by atoms with Gasteiger partial charge in [0.15, 0.2) is 0 Å². The van der Waals surface area contributed by atoms with Crippen molar-refractivity contribution in [2.75, 3.05) is 7.11 Å². The molecule has 0 saturated carbocycles. The van der Waals surface area contributed by atoms with Crippen molar-refractivity contribution in [2.24, 2.45) is 5.41 Å². The van der Waals surface area contributed by atoms with E-state index in [0.717, 1.165) is 36.2 Å². The molecular formula is C20H30O. The first-order valence-electron chi connectivity index (χ1n) is 7.60. The minimum absolute atomic E-state index is 0.273. The molecule has 0 spiro atoms. The van der Waals surface area contributed by atoms with Gasteiger partial charge in [-0.25, -0.2) is 0 Å². The second kappa shape index (κ2) is 6.98. The van der Waals surface area contributed by atoms with Crippen LogP contribution in [0.4, 0.5) is 0 Å². The van der Waals surface area contributed by atoms with Gasteiger partial charge in [-0.05, 0) is 55.2 Å². The Balaban J connectivity index is 3.34.